The molecule has 1 aromatic carbocycles. The van der Waals surface area contributed by atoms with Crippen LogP contribution in [0.4, 0.5) is 0 Å². The maximum absolute atomic E-state index is 3.30. The van der Waals surface area contributed by atoms with E-state index in [1.165, 1.54) is 11.1 Å². The Kier molecular flexibility index (Phi) is 28.5. The van der Waals surface area contributed by atoms with Gasteiger partial charge in [0.2, 0.25) is 0 Å². The predicted molar refractivity (Wildman–Crippen MR) is 50.4 cm³/mol. The van der Waals surface area contributed by atoms with Crippen molar-refractivity contribution in [2.75, 3.05) is 0 Å². The van der Waals surface area contributed by atoms with Crippen LogP contribution in [-0.4, -0.2) is 0 Å². The van der Waals surface area contributed by atoms with E-state index in [2.05, 4.69) is 49.4 Å². The first-order chi connectivity index (χ1) is 5.86. The van der Waals surface area contributed by atoms with E-state index in [9.17, 15) is 0 Å². The van der Waals surface area contributed by atoms with Crippen molar-refractivity contribution in [2.24, 2.45) is 0 Å². The van der Waals surface area contributed by atoms with Crippen molar-refractivity contribution in [1.29, 1.82) is 0 Å². The molecule has 0 nitrogen and oxygen atoms in total. The van der Waals surface area contributed by atoms with E-state index < -0.39 is 0 Å². The third-order valence-corrected chi connectivity index (χ3v) is 1.93. The molecule has 5 heteroatoms. The fourth-order valence-corrected chi connectivity index (χ4v) is 1.33. The second-order valence-electron chi connectivity index (χ2n) is 2.94. The number of allylic oxidation sites excluding steroid dienone is 4. The van der Waals surface area contributed by atoms with Gasteiger partial charge in [0.15, 0.2) is 0 Å². The number of aryl methyl sites for hydroxylation is 1. The van der Waals surface area contributed by atoms with E-state index in [-0.39, 0.29) is 164 Å². The van der Waals surface area contributed by atoms with E-state index in [1.807, 2.05) is 0 Å². The minimum absolute atomic E-state index is 0. The Hall–Kier alpha value is 4.22. The first-order valence-electron chi connectivity index (χ1n) is 4.13. The van der Waals surface area contributed by atoms with Gasteiger partial charge in [0.25, 0.3) is 0 Å². The molecule has 0 N–H and O–H groups in total. The largest absolute Gasteiger partial charge is 0.273 e. The fourth-order valence-electron chi connectivity index (χ4n) is 1.33. The molecule has 5 radical (unpaired) electrons. The predicted octanol–water partition coefficient (Wildman–Crippen LogP) is 2.93. The Bertz CT molecular complexity index is 358. The van der Waals surface area contributed by atoms with Gasteiger partial charge in [-0.25, -0.2) is 24.3 Å². The van der Waals surface area contributed by atoms with Gasteiger partial charge in [0.05, 0.1) is 0 Å². The van der Waals surface area contributed by atoms with E-state index in [0.717, 1.165) is 12.0 Å². The van der Waals surface area contributed by atoms with Crippen molar-refractivity contribution in [2.45, 2.75) is 13.3 Å². The summed E-state index contributed by atoms with van der Waals surface area (Å²) in [6.45, 7) is 2.06. The molecule has 0 amide bonds. The van der Waals surface area contributed by atoms with Crippen LogP contribution in [0.3, 0.4) is 0 Å². The summed E-state index contributed by atoms with van der Waals surface area (Å²) >= 11 is 0. The van der Waals surface area contributed by atoms with Crippen LogP contribution in [0.25, 0.3) is 5.57 Å². The Balaban J connectivity index is -0.000000169. The first kappa shape index (κ1) is 29.3. The van der Waals surface area contributed by atoms with Gasteiger partial charge < -0.3 is 0 Å². The summed E-state index contributed by atoms with van der Waals surface area (Å²) in [5.41, 5.74) is 3.52. The van der Waals surface area contributed by atoms with Crippen LogP contribution in [-0.2, 0) is 164 Å². The van der Waals surface area contributed by atoms with Gasteiger partial charge >= 0.3 is 0 Å². The maximum atomic E-state index is 3.30. The Labute approximate surface area is 230 Å². The third kappa shape index (κ3) is 10.6. The second kappa shape index (κ2) is 16.6. The summed E-state index contributed by atoms with van der Waals surface area (Å²) in [5, 5.41) is 0. The second-order valence-corrected chi connectivity index (χ2v) is 2.94. The van der Waals surface area contributed by atoms with Crippen LogP contribution in [0.1, 0.15) is 17.5 Å². The van der Waals surface area contributed by atoms with Crippen molar-refractivity contribution in [1.82, 2.24) is 0 Å². The van der Waals surface area contributed by atoms with E-state index in [4.69, 9.17) is 0 Å². The molecule has 0 saturated heterocycles. The number of hydrogen-bond donors (Lipinski definition) is 0. The van der Waals surface area contributed by atoms with Crippen LogP contribution in [0.5, 0.6) is 0 Å². The Morgan fingerprint density at radius 1 is 1.00 bits per heavy atom. The zero-order valence-electron chi connectivity index (χ0n) is 9.98. The molecule has 0 heterocycles. The number of hydrogen-bond acceptors (Lipinski definition) is 0. The van der Waals surface area contributed by atoms with Crippen molar-refractivity contribution in [3.8, 4) is 0 Å². The molecule has 0 fully saturated rings. The standard InChI is InChI=1S/C12H10.5Y/c1-10-5-4-8-12(9-10)11-6-2-3-7-11;;;;;/h2,4-6,8H,3H2,1H3;;;;;/q-2;;;;;. The van der Waals surface area contributed by atoms with Gasteiger partial charge in [-0.15, -0.1) is 11.6 Å². The molecule has 0 spiro atoms. The molecule has 17 heavy (non-hydrogen) atoms. The molecule has 0 unspecified atom stereocenters. The van der Waals surface area contributed by atoms with Gasteiger partial charge in [-0.2, -0.15) is 12.1 Å². The molecule has 0 bridgehead atoms. The van der Waals surface area contributed by atoms with Crippen LogP contribution in [0, 0.1) is 19.1 Å². The molecule has 0 atom stereocenters. The molecular weight excluding hydrogens is 589 g/mol. The van der Waals surface area contributed by atoms with E-state index in [1.54, 1.807) is 0 Å². The summed E-state index contributed by atoms with van der Waals surface area (Å²) < 4.78 is 0. The van der Waals surface area contributed by atoms with E-state index >= 15 is 0 Å². The Morgan fingerprint density at radius 3 is 2.12 bits per heavy atom. The van der Waals surface area contributed by atoms with Crippen molar-refractivity contribution in [3.05, 3.63) is 53.6 Å². The molecule has 0 aromatic heterocycles. The monoisotopic (exact) mass is 599 g/mol. The molecule has 2 rings (SSSR count). The smallest absolute Gasteiger partial charge is 0 e. The van der Waals surface area contributed by atoms with E-state index in [0.29, 0.717) is 0 Å². The van der Waals surface area contributed by atoms with Gasteiger partial charge in [-0.1, -0.05) is 13.3 Å². The summed E-state index contributed by atoms with van der Waals surface area (Å²) in [4.78, 5) is 0. The molecule has 75 valence electrons. The van der Waals surface area contributed by atoms with Gasteiger partial charge in [-0.05, 0) is 0 Å². The summed E-state index contributed by atoms with van der Waals surface area (Å²) in [5.74, 6) is 0. The van der Waals surface area contributed by atoms with Crippen molar-refractivity contribution in [3.63, 3.8) is 0 Å². The average molecular weight is 599 g/mol. The molecular formula is C12H10Y5-2. The first-order valence-corrected chi connectivity index (χ1v) is 4.13. The summed E-state index contributed by atoms with van der Waals surface area (Å²) in [6.07, 6.45) is 8.44. The normalized spacial score (nSPS) is 10.5. The summed E-state index contributed by atoms with van der Waals surface area (Å²) in [6, 6.07) is 9.49. The van der Waals surface area contributed by atoms with Crippen molar-refractivity contribution >= 4 is 5.57 Å². The minimum atomic E-state index is 0. The fraction of sp³-hybridized carbons (Fsp3) is 0.167. The van der Waals surface area contributed by atoms with Gasteiger partial charge in [0, 0.05) is 164 Å². The molecule has 1 aliphatic carbocycles. The average Bonchev–Trinajstić information content (AvgIpc) is 2.56. The molecule has 0 aliphatic heterocycles. The third-order valence-electron chi connectivity index (χ3n) is 1.93. The zero-order chi connectivity index (χ0) is 8.39. The summed E-state index contributed by atoms with van der Waals surface area (Å²) in [7, 11) is 0. The quantitative estimate of drug-likeness (QED) is 0.437. The van der Waals surface area contributed by atoms with Crippen LogP contribution in [0.2, 0.25) is 0 Å². The van der Waals surface area contributed by atoms with Crippen molar-refractivity contribution < 1.29 is 164 Å². The number of rotatable bonds is 1. The molecule has 0 saturated carbocycles. The SMILES string of the molecule is Cc1[c-]c(C2=[C-]CC=C2)ccc1.[Y].[Y].[Y].[Y].[Y]. The van der Waals surface area contributed by atoms with Crippen LogP contribution in [0.15, 0.2) is 30.4 Å². The topological polar surface area (TPSA) is 0 Å². The Morgan fingerprint density at radius 2 is 1.65 bits per heavy atom. The van der Waals surface area contributed by atoms with Gasteiger partial charge in [0.1, 0.15) is 0 Å². The van der Waals surface area contributed by atoms with Gasteiger partial charge in [-0.3, -0.25) is 11.1 Å². The van der Waals surface area contributed by atoms with Crippen LogP contribution >= 0.6 is 0 Å². The molecule has 1 aromatic rings. The van der Waals surface area contributed by atoms with Crippen LogP contribution < -0.4 is 0 Å². The minimum Gasteiger partial charge on any atom is -0.273 e. The maximum Gasteiger partial charge on any atom is 0 e. The molecule has 1 aliphatic rings. The zero-order valence-corrected chi connectivity index (χ0v) is 24.2. The number of benzene rings is 1.